The van der Waals surface area contributed by atoms with Gasteiger partial charge in [0.1, 0.15) is 16.4 Å². The summed E-state index contributed by atoms with van der Waals surface area (Å²) in [4.78, 5) is 12.5. The van der Waals surface area contributed by atoms with Gasteiger partial charge in [0.25, 0.3) is 0 Å². The zero-order chi connectivity index (χ0) is 21.6. The van der Waals surface area contributed by atoms with Gasteiger partial charge in [0.05, 0.1) is 25.9 Å². The van der Waals surface area contributed by atoms with Gasteiger partial charge in [-0.25, -0.2) is 8.42 Å². The molecule has 0 aromatic heterocycles. The van der Waals surface area contributed by atoms with Crippen molar-refractivity contribution in [3.05, 3.63) is 48.0 Å². The minimum Gasteiger partial charge on any atom is -0.495 e. The van der Waals surface area contributed by atoms with E-state index in [2.05, 4.69) is 5.32 Å². The highest BCUT2D eigenvalue weighted by Crippen LogP contribution is 2.30. The monoisotopic (exact) mass is 420 g/mol. The highest BCUT2D eigenvalue weighted by molar-refractivity contribution is 7.89. The molecule has 0 aliphatic rings. The van der Waals surface area contributed by atoms with Gasteiger partial charge in [-0.15, -0.1) is 0 Å². The largest absolute Gasteiger partial charge is 0.495 e. The van der Waals surface area contributed by atoms with Crippen LogP contribution in [0.25, 0.3) is 0 Å². The van der Waals surface area contributed by atoms with Gasteiger partial charge in [0, 0.05) is 7.05 Å². The molecule has 0 unspecified atom stereocenters. The molecule has 1 amide bonds. The van der Waals surface area contributed by atoms with Crippen LogP contribution in [0.15, 0.2) is 47.4 Å². The number of amides is 1. The maximum Gasteiger partial charge on any atom is 0.246 e. The van der Waals surface area contributed by atoms with Crippen molar-refractivity contribution in [2.75, 3.05) is 32.6 Å². The maximum absolute atomic E-state index is 13.1. The molecule has 0 aliphatic heterocycles. The lowest BCUT2D eigenvalue weighted by molar-refractivity contribution is -0.116. The summed E-state index contributed by atoms with van der Waals surface area (Å²) in [5.74, 6) is 0.448. The standard InChI is InChI=1S/C21H28N2O5S/c1-6-28-18-10-8-7-9-17(18)22-21(24)14-23(4)29(25,26)20-13-16(15(2)3)11-12-19(20)27-5/h7-13,15H,6,14H2,1-5H3,(H,22,24). The highest BCUT2D eigenvalue weighted by atomic mass is 32.2. The Balaban J connectivity index is 2.23. The van der Waals surface area contributed by atoms with Crippen LogP contribution in [0.5, 0.6) is 11.5 Å². The van der Waals surface area contributed by atoms with Gasteiger partial charge in [-0.05, 0) is 42.7 Å². The van der Waals surface area contributed by atoms with Crippen molar-refractivity contribution in [3.63, 3.8) is 0 Å². The van der Waals surface area contributed by atoms with Crippen LogP contribution >= 0.6 is 0 Å². The molecule has 0 aliphatic carbocycles. The summed E-state index contributed by atoms with van der Waals surface area (Å²) in [6.07, 6.45) is 0. The number of hydrogen-bond acceptors (Lipinski definition) is 5. The van der Waals surface area contributed by atoms with Crippen LogP contribution in [-0.2, 0) is 14.8 Å². The third-order valence-corrected chi connectivity index (χ3v) is 6.19. The van der Waals surface area contributed by atoms with Crippen LogP contribution in [-0.4, -0.2) is 45.9 Å². The summed E-state index contributed by atoms with van der Waals surface area (Å²) in [6.45, 7) is 5.90. The van der Waals surface area contributed by atoms with Crippen molar-refractivity contribution < 1.29 is 22.7 Å². The fourth-order valence-corrected chi connectivity index (χ4v) is 4.06. The zero-order valence-corrected chi connectivity index (χ0v) is 18.2. The van der Waals surface area contributed by atoms with Crippen LogP contribution < -0.4 is 14.8 Å². The average molecular weight is 421 g/mol. The second-order valence-electron chi connectivity index (χ2n) is 6.80. The van der Waals surface area contributed by atoms with Crippen molar-refractivity contribution in [2.24, 2.45) is 0 Å². The third kappa shape index (κ3) is 5.48. The first-order valence-electron chi connectivity index (χ1n) is 9.36. The Labute approximate surface area is 172 Å². The number of anilines is 1. The highest BCUT2D eigenvalue weighted by Gasteiger charge is 2.27. The average Bonchev–Trinajstić information content (AvgIpc) is 2.68. The van der Waals surface area contributed by atoms with Crippen LogP contribution in [0.4, 0.5) is 5.69 Å². The fraction of sp³-hybridized carbons (Fsp3) is 0.381. The molecule has 29 heavy (non-hydrogen) atoms. The number of para-hydroxylation sites is 2. The first-order valence-corrected chi connectivity index (χ1v) is 10.8. The number of nitrogens with one attached hydrogen (secondary N) is 1. The molecule has 0 saturated carbocycles. The summed E-state index contributed by atoms with van der Waals surface area (Å²) >= 11 is 0. The summed E-state index contributed by atoms with van der Waals surface area (Å²) in [5.41, 5.74) is 1.36. The Kier molecular flexibility index (Phi) is 7.64. The minimum absolute atomic E-state index is 0.0382. The quantitative estimate of drug-likeness (QED) is 0.671. The lowest BCUT2D eigenvalue weighted by Crippen LogP contribution is -2.35. The molecule has 0 atom stereocenters. The Morgan fingerprint density at radius 3 is 2.45 bits per heavy atom. The summed E-state index contributed by atoms with van der Waals surface area (Å²) in [6, 6.07) is 12.1. The van der Waals surface area contributed by atoms with Gasteiger partial charge in [0.15, 0.2) is 0 Å². The predicted molar refractivity (Wildman–Crippen MR) is 113 cm³/mol. The van der Waals surface area contributed by atoms with E-state index < -0.39 is 15.9 Å². The number of carbonyl (C=O) groups excluding carboxylic acids is 1. The summed E-state index contributed by atoms with van der Waals surface area (Å²) < 4.78 is 37.9. The number of rotatable bonds is 9. The summed E-state index contributed by atoms with van der Waals surface area (Å²) in [5, 5.41) is 2.71. The van der Waals surface area contributed by atoms with Crippen LogP contribution in [0.1, 0.15) is 32.3 Å². The van der Waals surface area contributed by atoms with E-state index in [0.717, 1.165) is 9.87 Å². The van der Waals surface area contributed by atoms with E-state index in [-0.39, 0.29) is 23.1 Å². The molecular weight excluding hydrogens is 392 g/mol. The van der Waals surface area contributed by atoms with Gasteiger partial charge in [0.2, 0.25) is 15.9 Å². The van der Waals surface area contributed by atoms with E-state index in [1.807, 2.05) is 26.8 Å². The summed E-state index contributed by atoms with van der Waals surface area (Å²) in [7, 11) is -1.15. The zero-order valence-electron chi connectivity index (χ0n) is 17.4. The van der Waals surface area contributed by atoms with Gasteiger partial charge < -0.3 is 14.8 Å². The molecule has 2 rings (SSSR count). The number of nitrogens with zero attached hydrogens (tertiary/aromatic N) is 1. The lowest BCUT2D eigenvalue weighted by Gasteiger charge is -2.20. The van der Waals surface area contributed by atoms with E-state index in [1.54, 1.807) is 36.4 Å². The van der Waals surface area contributed by atoms with E-state index in [4.69, 9.17) is 9.47 Å². The van der Waals surface area contributed by atoms with Crippen molar-refractivity contribution in [2.45, 2.75) is 31.6 Å². The van der Waals surface area contributed by atoms with E-state index in [1.165, 1.54) is 14.2 Å². The topological polar surface area (TPSA) is 84.9 Å². The Hall–Kier alpha value is -2.58. The number of sulfonamides is 1. The number of hydrogen-bond donors (Lipinski definition) is 1. The van der Waals surface area contributed by atoms with Crippen molar-refractivity contribution in [1.82, 2.24) is 4.31 Å². The lowest BCUT2D eigenvalue weighted by atomic mass is 10.0. The number of ether oxygens (including phenoxy) is 2. The molecule has 1 N–H and O–H groups in total. The Morgan fingerprint density at radius 2 is 1.83 bits per heavy atom. The smallest absolute Gasteiger partial charge is 0.246 e. The van der Waals surface area contributed by atoms with Crippen molar-refractivity contribution in [3.8, 4) is 11.5 Å². The maximum atomic E-state index is 13.1. The predicted octanol–water partition coefficient (Wildman–Crippen LogP) is 3.48. The Bertz CT molecular complexity index is 957. The molecule has 0 saturated heterocycles. The molecule has 158 valence electrons. The van der Waals surface area contributed by atoms with Gasteiger partial charge >= 0.3 is 0 Å². The molecule has 0 spiro atoms. The van der Waals surface area contributed by atoms with Gasteiger partial charge in [-0.2, -0.15) is 4.31 Å². The van der Waals surface area contributed by atoms with Gasteiger partial charge in [-0.3, -0.25) is 4.79 Å². The first kappa shape index (κ1) is 22.7. The van der Waals surface area contributed by atoms with E-state index in [0.29, 0.717) is 18.0 Å². The molecule has 8 heteroatoms. The molecule has 0 bridgehead atoms. The van der Waals surface area contributed by atoms with E-state index >= 15 is 0 Å². The molecule has 7 nitrogen and oxygen atoms in total. The van der Waals surface area contributed by atoms with Crippen LogP contribution in [0.3, 0.4) is 0 Å². The molecule has 2 aromatic carbocycles. The van der Waals surface area contributed by atoms with Crippen molar-refractivity contribution >= 4 is 21.6 Å². The minimum atomic E-state index is -3.93. The van der Waals surface area contributed by atoms with Crippen LogP contribution in [0.2, 0.25) is 0 Å². The number of benzene rings is 2. The molecule has 0 heterocycles. The third-order valence-electron chi connectivity index (χ3n) is 4.37. The molecule has 0 radical (unpaired) electrons. The van der Waals surface area contributed by atoms with Crippen LogP contribution in [0, 0.1) is 0 Å². The number of carbonyl (C=O) groups is 1. The SMILES string of the molecule is CCOc1ccccc1NC(=O)CN(C)S(=O)(=O)c1cc(C(C)C)ccc1OC. The molecule has 2 aromatic rings. The van der Waals surface area contributed by atoms with E-state index in [9.17, 15) is 13.2 Å². The van der Waals surface area contributed by atoms with Gasteiger partial charge in [-0.1, -0.05) is 32.0 Å². The second kappa shape index (κ2) is 9.76. The van der Waals surface area contributed by atoms with Crippen molar-refractivity contribution in [1.29, 1.82) is 0 Å². The number of likely N-dealkylation sites (N-methyl/N-ethyl adjacent to an activating group) is 1. The second-order valence-corrected chi connectivity index (χ2v) is 8.82. The molecule has 0 fully saturated rings. The fourth-order valence-electron chi connectivity index (χ4n) is 2.75. The first-order chi connectivity index (χ1) is 13.7. The normalized spacial score (nSPS) is 11.6. The number of methoxy groups -OCH3 is 1. The molecular formula is C21H28N2O5S. The Morgan fingerprint density at radius 1 is 1.14 bits per heavy atom.